The highest BCUT2D eigenvalue weighted by atomic mass is 79.9. The van der Waals surface area contributed by atoms with Crippen molar-refractivity contribution in [3.8, 4) is 5.69 Å². The number of hydrogen-bond acceptors (Lipinski definition) is 3. The zero-order valence-corrected chi connectivity index (χ0v) is 16.1. The number of amides is 1. The minimum Gasteiger partial charge on any atom is -0.326 e. The summed E-state index contributed by atoms with van der Waals surface area (Å²) >= 11 is 3.39. The van der Waals surface area contributed by atoms with Crippen LogP contribution >= 0.6 is 15.9 Å². The van der Waals surface area contributed by atoms with Gasteiger partial charge in [0.25, 0.3) is 0 Å². The van der Waals surface area contributed by atoms with Gasteiger partial charge in [-0.15, -0.1) is 0 Å². The lowest BCUT2D eigenvalue weighted by Gasteiger charge is -2.09. The first-order chi connectivity index (χ1) is 13.2. The average molecular weight is 421 g/mol. The van der Waals surface area contributed by atoms with Crippen LogP contribution in [0.5, 0.6) is 0 Å². The number of pyridine rings is 1. The van der Waals surface area contributed by atoms with Gasteiger partial charge in [0.1, 0.15) is 11.3 Å². The van der Waals surface area contributed by atoms with Crippen LogP contribution in [0.1, 0.15) is 12.2 Å². The number of nitrogens with zero attached hydrogens (tertiary/aromatic N) is 3. The maximum atomic E-state index is 12.4. The molecule has 2 aromatic heterocycles. The van der Waals surface area contributed by atoms with E-state index in [1.165, 1.54) is 0 Å². The van der Waals surface area contributed by atoms with Gasteiger partial charge in [-0.25, -0.2) is 9.97 Å². The van der Waals surface area contributed by atoms with Gasteiger partial charge in [0.15, 0.2) is 5.65 Å². The zero-order valence-electron chi connectivity index (χ0n) is 14.5. The van der Waals surface area contributed by atoms with Crippen molar-refractivity contribution in [1.29, 1.82) is 0 Å². The second-order valence-corrected chi connectivity index (χ2v) is 7.02. The normalized spacial score (nSPS) is 10.9. The molecule has 0 aliphatic heterocycles. The van der Waals surface area contributed by atoms with Crippen LogP contribution in [-0.2, 0) is 11.2 Å². The standard InChI is InChI=1S/C21H17BrN4O/c22-15-8-10-16(11-9-15)24-20(27)13-12-19-25-18-7-4-14-23-21(18)26(19)17-5-2-1-3-6-17/h1-11,14H,12-13H2,(H,24,27). The molecule has 1 amide bonds. The third kappa shape index (κ3) is 3.90. The number of aryl methyl sites for hydroxylation is 1. The number of rotatable bonds is 5. The lowest BCUT2D eigenvalue weighted by molar-refractivity contribution is -0.116. The molecule has 134 valence electrons. The number of anilines is 1. The first-order valence-electron chi connectivity index (χ1n) is 8.64. The molecule has 5 nitrogen and oxygen atoms in total. The molecule has 0 radical (unpaired) electrons. The number of hydrogen-bond donors (Lipinski definition) is 1. The summed E-state index contributed by atoms with van der Waals surface area (Å²) in [6.45, 7) is 0. The van der Waals surface area contributed by atoms with Gasteiger partial charge in [-0.2, -0.15) is 0 Å². The van der Waals surface area contributed by atoms with Gasteiger partial charge in [-0.05, 0) is 48.5 Å². The molecule has 4 aromatic rings. The number of imidazole rings is 1. The van der Waals surface area contributed by atoms with E-state index in [-0.39, 0.29) is 5.91 Å². The Morgan fingerprint density at radius 3 is 2.56 bits per heavy atom. The van der Waals surface area contributed by atoms with Gasteiger partial charge in [0.05, 0.1) is 0 Å². The van der Waals surface area contributed by atoms with Crippen LogP contribution in [0, 0.1) is 0 Å². The van der Waals surface area contributed by atoms with Crippen molar-refractivity contribution in [3.05, 3.63) is 83.2 Å². The molecule has 0 saturated carbocycles. The van der Waals surface area contributed by atoms with Crippen molar-refractivity contribution >= 4 is 38.7 Å². The van der Waals surface area contributed by atoms with Gasteiger partial charge in [-0.3, -0.25) is 9.36 Å². The van der Waals surface area contributed by atoms with Crippen molar-refractivity contribution in [2.75, 3.05) is 5.32 Å². The fourth-order valence-corrected chi connectivity index (χ4v) is 3.22. The molecule has 6 heteroatoms. The predicted molar refractivity (Wildman–Crippen MR) is 110 cm³/mol. The SMILES string of the molecule is O=C(CCc1nc2cccnc2n1-c1ccccc1)Nc1ccc(Br)cc1. The van der Waals surface area contributed by atoms with E-state index in [0.29, 0.717) is 12.8 Å². The Bertz CT molecular complexity index is 1070. The molecule has 0 spiro atoms. The first kappa shape index (κ1) is 17.4. The van der Waals surface area contributed by atoms with E-state index >= 15 is 0 Å². The highest BCUT2D eigenvalue weighted by Gasteiger charge is 2.14. The van der Waals surface area contributed by atoms with Crippen molar-refractivity contribution in [2.24, 2.45) is 0 Å². The molecule has 4 rings (SSSR count). The number of carbonyl (C=O) groups excluding carboxylic acids is 1. The fourth-order valence-electron chi connectivity index (χ4n) is 2.96. The van der Waals surface area contributed by atoms with E-state index < -0.39 is 0 Å². The summed E-state index contributed by atoms with van der Waals surface area (Å²) in [6.07, 6.45) is 2.62. The smallest absolute Gasteiger partial charge is 0.224 e. The summed E-state index contributed by atoms with van der Waals surface area (Å²) in [4.78, 5) is 21.5. The largest absolute Gasteiger partial charge is 0.326 e. The van der Waals surface area contributed by atoms with Gasteiger partial charge in [-0.1, -0.05) is 34.1 Å². The summed E-state index contributed by atoms with van der Waals surface area (Å²) in [7, 11) is 0. The highest BCUT2D eigenvalue weighted by Crippen LogP contribution is 2.21. The third-order valence-electron chi connectivity index (χ3n) is 4.20. The Labute approximate surface area is 165 Å². The molecule has 0 aliphatic rings. The fraction of sp³-hybridized carbons (Fsp3) is 0.0952. The Morgan fingerprint density at radius 1 is 1.00 bits per heavy atom. The summed E-state index contributed by atoms with van der Waals surface area (Å²) < 4.78 is 2.99. The van der Waals surface area contributed by atoms with Crippen molar-refractivity contribution in [1.82, 2.24) is 14.5 Å². The Hall–Kier alpha value is -2.99. The summed E-state index contributed by atoms with van der Waals surface area (Å²) in [5.41, 5.74) is 3.39. The first-order valence-corrected chi connectivity index (χ1v) is 9.43. The number of benzene rings is 2. The lowest BCUT2D eigenvalue weighted by Crippen LogP contribution is -2.13. The Balaban J connectivity index is 1.57. The number of aromatic nitrogens is 3. The Kier molecular flexibility index (Phi) is 4.98. The molecular formula is C21H17BrN4O. The lowest BCUT2D eigenvalue weighted by atomic mass is 10.2. The van der Waals surface area contributed by atoms with Crippen LogP contribution in [0.2, 0.25) is 0 Å². The summed E-state index contributed by atoms with van der Waals surface area (Å²) in [5.74, 6) is 0.776. The van der Waals surface area contributed by atoms with E-state index in [9.17, 15) is 4.79 Å². The Morgan fingerprint density at radius 2 is 1.78 bits per heavy atom. The van der Waals surface area contributed by atoms with E-state index in [1.807, 2.05) is 71.3 Å². The van der Waals surface area contributed by atoms with E-state index in [0.717, 1.165) is 32.8 Å². The van der Waals surface area contributed by atoms with Gasteiger partial charge in [0.2, 0.25) is 5.91 Å². The molecule has 27 heavy (non-hydrogen) atoms. The van der Waals surface area contributed by atoms with Crippen molar-refractivity contribution < 1.29 is 4.79 Å². The van der Waals surface area contributed by atoms with Crippen LogP contribution in [0.4, 0.5) is 5.69 Å². The van der Waals surface area contributed by atoms with Gasteiger partial charge < -0.3 is 5.32 Å². The van der Waals surface area contributed by atoms with Crippen LogP contribution < -0.4 is 5.32 Å². The highest BCUT2D eigenvalue weighted by molar-refractivity contribution is 9.10. The number of para-hydroxylation sites is 1. The van der Waals surface area contributed by atoms with Crippen molar-refractivity contribution in [2.45, 2.75) is 12.8 Å². The topological polar surface area (TPSA) is 59.8 Å². The second-order valence-electron chi connectivity index (χ2n) is 6.10. The van der Waals surface area contributed by atoms with Gasteiger partial charge in [0, 0.05) is 34.9 Å². The molecule has 2 aromatic carbocycles. The predicted octanol–water partition coefficient (Wildman–Crippen LogP) is 4.75. The van der Waals surface area contributed by atoms with Gasteiger partial charge >= 0.3 is 0 Å². The van der Waals surface area contributed by atoms with E-state index in [1.54, 1.807) is 6.20 Å². The molecular weight excluding hydrogens is 404 g/mol. The molecule has 0 unspecified atom stereocenters. The summed E-state index contributed by atoms with van der Waals surface area (Å²) in [5, 5.41) is 2.92. The maximum Gasteiger partial charge on any atom is 0.224 e. The molecule has 1 N–H and O–H groups in total. The molecule has 2 heterocycles. The number of carbonyl (C=O) groups is 1. The van der Waals surface area contributed by atoms with Crippen LogP contribution in [0.25, 0.3) is 16.9 Å². The van der Waals surface area contributed by atoms with E-state index in [4.69, 9.17) is 4.98 Å². The molecule has 0 fully saturated rings. The van der Waals surface area contributed by atoms with E-state index in [2.05, 4.69) is 26.2 Å². The maximum absolute atomic E-state index is 12.4. The quantitative estimate of drug-likeness (QED) is 0.506. The second kappa shape index (κ2) is 7.72. The minimum absolute atomic E-state index is 0.0445. The van der Waals surface area contributed by atoms with Crippen LogP contribution in [0.15, 0.2) is 77.4 Å². The van der Waals surface area contributed by atoms with Crippen molar-refractivity contribution in [3.63, 3.8) is 0 Å². The number of nitrogens with one attached hydrogen (secondary N) is 1. The average Bonchev–Trinajstić information content (AvgIpc) is 3.07. The molecule has 0 aliphatic carbocycles. The molecule has 0 atom stereocenters. The number of fused-ring (bicyclic) bond motifs is 1. The third-order valence-corrected chi connectivity index (χ3v) is 4.73. The monoisotopic (exact) mass is 420 g/mol. The summed E-state index contributed by atoms with van der Waals surface area (Å²) in [6, 6.07) is 21.3. The zero-order chi connectivity index (χ0) is 18.6. The molecule has 0 saturated heterocycles. The van der Waals surface area contributed by atoms with Crippen LogP contribution in [0.3, 0.4) is 0 Å². The molecule has 0 bridgehead atoms. The van der Waals surface area contributed by atoms with Crippen LogP contribution in [-0.4, -0.2) is 20.4 Å². The number of halogens is 1. The minimum atomic E-state index is -0.0445.